The first-order valence-corrected chi connectivity index (χ1v) is 11.2. The average Bonchev–Trinajstić information content (AvgIpc) is 2.74. The van der Waals surface area contributed by atoms with Crippen LogP contribution in [0.2, 0.25) is 0 Å². The van der Waals surface area contributed by atoms with Crippen molar-refractivity contribution in [2.24, 2.45) is 0 Å². The second kappa shape index (κ2) is 10.7. The van der Waals surface area contributed by atoms with E-state index in [4.69, 9.17) is 14.2 Å². The molecule has 0 unspecified atom stereocenters. The van der Waals surface area contributed by atoms with Crippen LogP contribution in [0.5, 0.6) is 17.2 Å². The van der Waals surface area contributed by atoms with Crippen molar-refractivity contribution in [3.05, 3.63) is 48.0 Å². The molecule has 0 saturated heterocycles. The number of sulfonamides is 1. The maximum Gasteiger partial charge on any atom is 0.257 e. The molecule has 0 radical (unpaired) electrons. The zero-order valence-corrected chi connectivity index (χ0v) is 18.5. The number of nitrogens with one attached hydrogen (secondary N) is 1. The lowest BCUT2D eigenvalue weighted by molar-refractivity contribution is -0.123. The Labute approximate surface area is 177 Å². The summed E-state index contributed by atoms with van der Waals surface area (Å²) in [6.07, 6.45) is 2.69. The third-order valence-electron chi connectivity index (χ3n) is 4.48. The number of anilines is 1. The van der Waals surface area contributed by atoms with Crippen molar-refractivity contribution >= 4 is 21.6 Å². The number of carbonyl (C=O) groups is 1. The minimum absolute atomic E-state index is 0.113. The van der Waals surface area contributed by atoms with E-state index in [-0.39, 0.29) is 12.5 Å². The molecule has 0 atom stereocenters. The molecule has 1 N–H and O–H groups in total. The topological polar surface area (TPSA) is 94.2 Å². The number of hydrogen-bond acceptors (Lipinski definition) is 6. The van der Waals surface area contributed by atoms with Crippen LogP contribution in [-0.2, 0) is 21.2 Å². The summed E-state index contributed by atoms with van der Waals surface area (Å²) in [5.41, 5.74) is 1.61. The first-order chi connectivity index (χ1) is 14.2. The summed E-state index contributed by atoms with van der Waals surface area (Å²) in [7, 11) is 1.34. The van der Waals surface area contributed by atoms with Crippen LogP contribution in [-0.4, -0.2) is 55.0 Å². The summed E-state index contributed by atoms with van der Waals surface area (Å²) in [6, 6.07) is 12.3. The van der Waals surface area contributed by atoms with Crippen LogP contribution in [0.15, 0.2) is 42.5 Å². The second-order valence-electron chi connectivity index (χ2n) is 6.66. The molecule has 0 heterocycles. The Kier molecular flexibility index (Phi) is 8.35. The van der Waals surface area contributed by atoms with Crippen LogP contribution in [0.25, 0.3) is 0 Å². The Bertz CT molecular complexity index is 944. The van der Waals surface area contributed by atoms with Crippen molar-refractivity contribution in [3.63, 3.8) is 0 Å². The molecule has 8 nitrogen and oxygen atoms in total. The largest absolute Gasteiger partial charge is 0.493 e. The first-order valence-electron chi connectivity index (χ1n) is 9.39. The molecule has 164 valence electrons. The molecule has 0 spiro atoms. The standard InChI is InChI=1S/C21H28N2O6S/c1-23(30(4,25)26)17-8-10-18(11-9-17)29-15-21(24)22-13-5-6-16-7-12-19(27-2)20(14-16)28-3/h7-12,14H,5-6,13,15H2,1-4H3,(H,22,24). The molecule has 2 aromatic carbocycles. The van der Waals surface area contributed by atoms with E-state index in [1.165, 1.54) is 11.4 Å². The SMILES string of the molecule is COc1ccc(CCCNC(=O)COc2ccc(N(C)S(C)(=O)=O)cc2)cc1OC. The average molecular weight is 437 g/mol. The fourth-order valence-corrected chi connectivity index (χ4v) is 3.20. The number of aryl methyl sites for hydroxylation is 1. The maximum absolute atomic E-state index is 12.0. The molecule has 0 saturated carbocycles. The molecule has 2 aromatic rings. The van der Waals surface area contributed by atoms with Gasteiger partial charge in [0, 0.05) is 13.6 Å². The Hall–Kier alpha value is -2.94. The fraction of sp³-hybridized carbons (Fsp3) is 0.381. The predicted octanol–water partition coefficient (Wildman–Crippen LogP) is 2.23. The van der Waals surface area contributed by atoms with Crippen LogP contribution in [0.3, 0.4) is 0 Å². The molecule has 0 aromatic heterocycles. The Morgan fingerprint density at radius 2 is 1.70 bits per heavy atom. The zero-order chi connectivity index (χ0) is 22.1. The van der Waals surface area contributed by atoms with E-state index in [0.29, 0.717) is 29.5 Å². The molecule has 30 heavy (non-hydrogen) atoms. The van der Waals surface area contributed by atoms with Crippen molar-refractivity contribution in [2.45, 2.75) is 12.8 Å². The van der Waals surface area contributed by atoms with Gasteiger partial charge in [0.2, 0.25) is 10.0 Å². The van der Waals surface area contributed by atoms with Gasteiger partial charge >= 0.3 is 0 Å². The highest BCUT2D eigenvalue weighted by atomic mass is 32.2. The molecule has 0 aliphatic carbocycles. The van der Waals surface area contributed by atoms with E-state index < -0.39 is 10.0 Å². The Morgan fingerprint density at radius 3 is 2.30 bits per heavy atom. The van der Waals surface area contributed by atoms with Crippen LogP contribution < -0.4 is 23.8 Å². The van der Waals surface area contributed by atoms with Crippen molar-refractivity contribution in [1.82, 2.24) is 5.32 Å². The molecule has 9 heteroatoms. The molecule has 1 amide bonds. The predicted molar refractivity (Wildman–Crippen MR) is 116 cm³/mol. The van der Waals surface area contributed by atoms with E-state index in [9.17, 15) is 13.2 Å². The number of nitrogens with zero attached hydrogens (tertiary/aromatic N) is 1. The number of ether oxygens (including phenoxy) is 3. The quantitative estimate of drug-likeness (QED) is 0.543. The van der Waals surface area contributed by atoms with Crippen molar-refractivity contribution in [3.8, 4) is 17.2 Å². The lowest BCUT2D eigenvalue weighted by Gasteiger charge is -2.16. The van der Waals surface area contributed by atoms with Crippen LogP contribution >= 0.6 is 0 Å². The van der Waals surface area contributed by atoms with Gasteiger partial charge in [-0.1, -0.05) is 6.07 Å². The monoisotopic (exact) mass is 436 g/mol. The zero-order valence-electron chi connectivity index (χ0n) is 17.7. The number of benzene rings is 2. The first kappa shape index (κ1) is 23.3. The fourth-order valence-electron chi connectivity index (χ4n) is 2.70. The van der Waals surface area contributed by atoms with Gasteiger partial charge < -0.3 is 19.5 Å². The third kappa shape index (κ3) is 6.84. The molecule has 0 aliphatic rings. The van der Waals surface area contributed by atoms with Gasteiger partial charge in [-0.25, -0.2) is 8.42 Å². The van der Waals surface area contributed by atoms with Gasteiger partial charge in [0.25, 0.3) is 5.91 Å². The van der Waals surface area contributed by atoms with Gasteiger partial charge in [0.15, 0.2) is 18.1 Å². The van der Waals surface area contributed by atoms with Gasteiger partial charge in [-0.3, -0.25) is 9.10 Å². The van der Waals surface area contributed by atoms with Crippen LogP contribution in [0.4, 0.5) is 5.69 Å². The molecule has 0 fully saturated rings. The minimum Gasteiger partial charge on any atom is -0.493 e. The lowest BCUT2D eigenvalue weighted by atomic mass is 10.1. The van der Waals surface area contributed by atoms with Gasteiger partial charge in [0.1, 0.15) is 5.75 Å². The number of amides is 1. The highest BCUT2D eigenvalue weighted by Crippen LogP contribution is 2.27. The van der Waals surface area contributed by atoms with Gasteiger partial charge in [-0.2, -0.15) is 0 Å². The summed E-state index contributed by atoms with van der Waals surface area (Å²) in [5.74, 6) is 1.63. The molecule has 0 aliphatic heterocycles. The normalized spacial score (nSPS) is 10.9. The van der Waals surface area contributed by atoms with E-state index in [2.05, 4.69) is 5.32 Å². The second-order valence-corrected chi connectivity index (χ2v) is 8.67. The smallest absolute Gasteiger partial charge is 0.257 e. The van der Waals surface area contributed by atoms with E-state index in [1.54, 1.807) is 38.5 Å². The number of methoxy groups -OCH3 is 2. The van der Waals surface area contributed by atoms with Gasteiger partial charge in [-0.05, 0) is 54.8 Å². The van der Waals surface area contributed by atoms with E-state index in [0.717, 1.165) is 24.7 Å². The van der Waals surface area contributed by atoms with E-state index in [1.807, 2.05) is 18.2 Å². The van der Waals surface area contributed by atoms with E-state index >= 15 is 0 Å². The number of rotatable bonds is 11. The van der Waals surface area contributed by atoms with Crippen molar-refractivity contribution in [1.29, 1.82) is 0 Å². The summed E-state index contributed by atoms with van der Waals surface area (Å²) in [5, 5.41) is 2.82. The summed E-state index contributed by atoms with van der Waals surface area (Å²) in [4.78, 5) is 12.0. The molecule has 2 rings (SSSR count). The summed E-state index contributed by atoms with van der Waals surface area (Å²) >= 11 is 0. The van der Waals surface area contributed by atoms with Gasteiger partial charge in [-0.15, -0.1) is 0 Å². The van der Waals surface area contributed by atoms with Crippen LogP contribution in [0.1, 0.15) is 12.0 Å². The Balaban J connectivity index is 1.73. The maximum atomic E-state index is 12.0. The Morgan fingerprint density at radius 1 is 1.03 bits per heavy atom. The minimum atomic E-state index is -3.32. The lowest BCUT2D eigenvalue weighted by Crippen LogP contribution is -2.30. The van der Waals surface area contributed by atoms with Crippen LogP contribution in [0, 0.1) is 0 Å². The van der Waals surface area contributed by atoms with Crippen molar-refractivity contribution in [2.75, 3.05) is 45.0 Å². The number of hydrogen-bond donors (Lipinski definition) is 1. The summed E-state index contributed by atoms with van der Waals surface area (Å²) in [6.45, 7) is 0.409. The molecule has 0 bridgehead atoms. The highest BCUT2D eigenvalue weighted by molar-refractivity contribution is 7.92. The summed E-state index contributed by atoms with van der Waals surface area (Å²) < 4.78 is 40.2. The van der Waals surface area contributed by atoms with Crippen molar-refractivity contribution < 1.29 is 27.4 Å². The highest BCUT2D eigenvalue weighted by Gasteiger charge is 2.12. The third-order valence-corrected chi connectivity index (χ3v) is 5.69. The number of carbonyl (C=O) groups excluding carboxylic acids is 1. The van der Waals surface area contributed by atoms with Gasteiger partial charge in [0.05, 0.1) is 26.2 Å². The molecular weight excluding hydrogens is 408 g/mol. The molecular formula is C21H28N2O6S.